The largest absolute Gasteiger partial charge is 1.00 e. The number of amides is 4. The number of halogens is 4. The Hall–Kier alpha value is -7.02. The van der Waals surface area contributed by atoms with Crippen molar-refractivity contribution >= 4 is 127 Å². The van der Waals surface area contributed by atoms with E-state index in [1.54, 1.807) is 67.8 Å². The quantitative estimate of drug-likeness (QED) is 0.0441. The molecular weight excluding hydrogens is 1080 g/mol. The van der Waals surface area contributed by atoms with Crippen LogP contribution >= 0.6 is 46.4 Å². The zero-order chi connectivity index (χ0) is 51.9. The summed E-state index contributed by atoms with van der Waals surface area (Å²) >= 11 is 25.8. The molecule has 0 atom stereocenters. The fourth-order valence-corrected chi connectivity index (χ4v) is 8.91. The molecule has 0 radical (unpaired) electrons. The van der Waals surface area contributed by atoms with Crippen LogP contribution < -0.4 is 61.5 Å². The van der Waals surface area contributed by atoms with Gasteiger partial charge in [-0.15, -0.1) is 0 Å². The maximum atomic E-state index is 12.6. The first-order valence-electron chi connectivity index (χ1n) is 22.4. The molecule has 8 aromatic rings. The zero-order valence-electron chi connectivity index (χ0n) is 40.1. The standard InChI is InChI=1S/C26H22Cl2N6O4.C24H18Cl2N6O4.Na.H2O/c1-2-38-21(35)11-30-26(36)34-24-18(22-19(27)4-3-5-20(22)28)9-15-10-29-25(33-23(15)32-24)31-17-7-6-14-12-37-13-16(14)8-17;25-17-2-1-3-18(26)20(17)16-7-13-8-27-23(29-15-5-4-12-10-36-11-14(12)6-15)31-21(13)30-22(16)32-24(35)28-9-19(33)34;;/h3-10H,2,11-13H2,1H3,(H3,29,30,31,32,33,34,36);1-8H,9-11H2,(H,33,34)(H3,27,28,29,30,31,32,35);;1H2/q;;+1;/p-1. The van der Waals surface area contributed by atoms with E-state index in [1.807, 2.05) is 36.4 Å². The second-order valence-corrected chi connectivity index (χ2v) is 17.8. The van der Waals surface area contributed by atoms with Gasteiger partial charge in [0.15, 0.2) is 11.3 Å². The first-order chi connectivity index (χ1) is 35.8. The molecule has 8 N–H and O–H groups in total. The van der Waals surface area contributed by atoms with E-state index >= 15 is 0 Å². The molecule has 0 saturated carbocycles. The minimum Gasteiger partial charge on any atom is -0.870 e. The number of carbonyl (C=O) groups is 4. The number of nitrogens with zero attached hydrogens (tertiary/aromatic N) is 6. The van der Waals surface area contributed by atoms with Crippen LogP contribution in [0.1, 0.15) is 29.2 Å². The van der Waals surface area contributed by atoms with Crippen LogP contribution in [-0.2, 0) is 50.2 Å². The van der Waals surface area contributed by atoms with Gasteiger partial charge in [0.1, 0.15) is 24.7 Å². The molecule has 0 bridgehead atoms. The molecule has 384 valence electrons. The molecule has 26 heteroatoms. The first-order valence-corrected chi connectivity index (χ1v) is 23.9. The Kier molecular flexibility index (Phi) is 19.2. The maximum absolute atomic E-state index is 12.6. The van der Waals surface area contributed by atoms with Crippen molar-refractivity contribution in [1.82, 2.24) is 40.5 Å². The Balaban J connectivity index is 0.000000216. The van der Waals surface area contributed by atoms with E-state index in [-0.39, 0.29) is 65.5 Å². The number of carbonyl (C=O) groups excluding carboxylic acids is 3. The second-order valence-electron chi connectivity index (χ2n) is 16.2. The van der Waals surface area contributed by atoms with E-state index in [0.717, 1.165) is 33.6 Å². The SMILES string of the molecule is CCOC(=O)CNC(=O)Nc1nc2nc(Nc3ccc4c(c3)COC4)ncc2cc1-c1c(Cl)cccc1Cl.O=C(O)CNC(=O)Nc1nc2nc(Nc3ccc4c(c3)COC4)ncc2cc1-c1c(Cl)cccc1Cl.[Na+].[OH-]. The van der Waals surface area contributed by atoms with E-state index in [1.165, 1.54) is 0 Å². The third-order valence-corrected chi connectivity index (χ3v) is 12.4. The molecule has 0 saturated heterocycles. The van der Waals surface area contributed by atoms with Gasteiger partial charge >= 0.3 is 53.6 Å². The molecule has 76 heavy (non-hydrogen) atoms. The van der Waals surface area contributed by atoms with Crippen LogP contribution in [-0.4, -0.2) is 84.2 Å². The normalized spacial score (nSPS) is 11.9. The number of benzene rings is 4. The van der Waals surface area contributed by atoms with Crippen LogP contribution in [0.3, 0.4) is 0 Å². The van der Waals surface area contributed by atoms with Gasteiger partial charge in [0.25, 0.3) is 0 Å². The van der Waals surface area contributed by atoms with E-state index in [9.17, 15) is 19.2 Å². The molecule has 2 aliphatic rings. The summed E-state index contributed by atoms with van der Waals surface area (Å²) in [5.74, 6) is -0.880. The van der Waals surface area contributed by atoms with E-state index < -0.39 is 30.5 Å². The Morgan fingerprint density at radius 1 is 0.592 bits per heavy atom. The van der Waals surface area contributed by atoms with Gasteiger partial charge in [0, 0.05) is 56.8 Å². The molecular formula is C50H41Cl4N12NaO9. The third-order valence-electron chi connectivity index (χ3n) is 11.1. The molecule has 6 heterocycles. The number of urea groups is 2. The van der Waals surface area contributed by atoms with Gasteiger partial charge in [-0.2, -0.15) is 9.97 Å². The molecule has 2 aliphatic heterocycles. The number of fused-ring (bicyclic) bond motifs is 4. The van der Waals surface area contributed by atoms with Gasteiger partial charge in [-0.05, 0) is 89.8 Å². The average molecular weight is 1120 g/mol. The summed E-state index contributed by atoms with van der Waals surface area (Å²) in [4.78, 5) is 74.4. The van der Waals surface area contributed by atoms with Crippen molar-refractivity contribution < 1.29 is 73.5 Å². The van der Waals surface area contributed by atoms with Gasteiger partial charge < -0.3 is 46.1 Å². The Morgan fingerprint density at radius 3 is 1.43 bits per heavy atom. The summed E-state index contributed by atoms with van der Waals surface area (Å²) in [5.41, 5.74) is 8.53. The number of hydrogen-bond acceptors (Lipinski definition) is 16. The summed E-state index contributed by atoms with van der Waals surface area (Å²) in [7, 11) is 0. The molecule has 0 unspecified atom stereocenters. The minimum absolute atomic E-state index is 0. The number of esters is 1. The number of carboxylic acid groups (broad SMARTS) is 1. The third kappa shape index (κ3) is 13.7. The fraction of sp³-hybridized carbons (Fsp3) is 0.160. The summed E-state index contributed by atoms with van der Waals surface area (Å²) < 4.78 is 15.8. The number of pyridine rings is 2. The summed E-state index contributed by atoms with van der Waals surface area (Å²) in [5, 5.41) is 27.7. The molecule has 4 amide bonds. The van der Waals surface area contributed by atoms with Crippen LogP contribution in [0.4, 0.5) is 44.5 Å². The van der Waals surface area contributed by atoms with Crippen molar-refractivity contribution in [2.45, 2.75) is 33.4 Å². The van der Waals surface area contributed by atoms with Crippen LogP contribution in [0.25, 0.3) is 44.3 Å². The molecule has 0 fully saturated rings. The average Bonchev–Trinajstić information content (AvgIpc) is 4.05. The van der Waals surface area contributed by atoms with Crippen LogP contribution in [0, 0.1) is 0 Å². The maximum Gasteiger partial charge on any atom is 1.00 e. The topological polar surface area (TPSA) is 296 Å². The number of rotatable bonds is 13. The fourth-order valence-electron chi connectivity index (χ4n) is 7.71. The van der Waals surface area contributed by atoms with Gasteiger partial charge in [0.05, 0.1) is 53.1 Å². The van der Waals surface area contributed by atoms with Crippen molar-refractivity contribution in [3.05, 3.63) is 140 Å². The minimum atomic E-state index is -1.19. The number of aliphatic carboxylic acids is 1. The Bertz CT molecular complexity index is 3490. The summed E-state index contributed by atoms with van der Waals surface area (Å²) in [6.07, 6.45) is 3.21. The molecule has 10 rings (SSSR count). The first kappa shape index (κ1) is 56.7. The van der Waals surface area contributed by atoms with Gasteiger partial charge in [-0.25, -0.2) is 29.5 Å². The molecule has 4 aromatic heterocycles. The Morgan fingerprint density at radius 2 is 1.01 bits per heavy atom. The second kappa shape index (κ2) is 25.7. The van der Waals surface area contributed by atoms with Crippen molar-refractivity contribution in [2.24, 2.45) is 0 Å². The van der Waals surface area contributed by atoms with Gasteiger partial charge in [0.2, 0.25) is 11.9 Å². The number of nitrogens with one attached hydrogen (secondary N) is 6. The predicted molar refractivity (Wildman–Crippen MR) is 282 cm³/mol. The van der Waals surface area contributed by atoms with E-state index in [0.29, 0.717) is 97.1 Å². The van der Waals surface area contributed by atoms with Crippen molar-refractivity contribution in [3.8, 4) is 22.3 Å². The molecule has 0 spiro atoms. The van der Waals surface area contributed by atoms with Crippen LogP contribution in [0.2, 0.25) is 20.1 Å². The molecule has 21 nitrogen and oxygen atoms in total. The predicted octanol–water partition coefficient (Wildman–Crippen LogP) is 7.26. The van der Waals surface area contributed by atoms with Crippen LogP contribution in [0.5, 0.6) is 0 Å². The van der Waals surface area contributed by atoms with E-state index in [2.05, 4.69) is 61.8 Å². The zero-order valence-corrected chi connectivity index (χ0v) is 45.2. The number of hydrogen-bond donors (Lipinski definition) is 7. The molecule has 4 aromatic carbocycles. The number of carboxylic acids is 1. The number of anilines is 6. The number of ether oxygens (including phenoxy) is 3. The monoisotopic (exact) mass is 1120 g/mol. The Labute approximate surface area is 474 Å². The van der Waals surface area contributed by atoms with Gasteiger partial charge in [-0.1, -0.05) is 70.7 Å². The summed E-state index contributed by atoms with van der Waals surface area (Å²) in [6, 6.07) is 23.9. The van der Waals surface area contributed by atoms with E-state index in [4.69, 9.17) is 65.7 Å². The van der Waals surface area contributed by atoms with Crippen molar-refractivity contribution in [3.63, 3.8) is 0 Å². The van der Waals surface area contributed by atoms with Crippen molar-refractivity contribution in [2.75, 3.05) is 41.0 Å². The summed E-state index contributed by atoms with van der Waals surface area (Å²) in [6.45, 7) is 3.33. The van der Waals surface area contributed by atoms with Gasteiger partial charge in [-0.3, -0.25) is 20.2 Å². The number of aromatic nitrogens is 6. The smallest absolute Gasteiger partial charge is 0.870 e. The molecule has 0 aliphatic carbocycles. The van der Waals surface area contributed by atoms with Crippen LogP contribution in [0.15, 0.2) is 97.3 Å². The van der Waals surface area contributed by atoms with Crippen molar-refractivity contribution in [1.29, 1.82) is 0 Å².